The van der Waals surface area contributed by atoms with E-state index in [1.807, 2.05) is 10.4 Å². The largest absolute Gasteiger partial charge is 0.365 e. The topological polar surface area (TPSA) is 83.5 Å². The van der Waals surface area contributed by atoms with Crippen LogP contribution in [0.2, 0.25) is 0 Å². The van der Waals surface area contributed by atoms with Gasteiger partial charge in [-0.1, -0.05) is 6.08 Å². The molecule has 2 saturated heterocycles. The number of aromatic nitrogens is 3. The number of hydrogen-bond donors (Lipinski definition) is 1. The van der Waals surface area contributed by atoms with E-state index in [4.69, 9.17) is 4.74 Å². The summed E-state index contributed by atoms with van der Waals surface area (Å²) in [6.07, 6.45) is 9.06. The van der Waals surface area contributed by atoms with Crippen LogP contribution >= 0.6 is 11.3 Å². The van der Waals surface area contributed by atoms with E-state index in [1.165, 1.54) is 12.4 Å². The molecule has 5 rings (SSSR count). The lowest BCUT2D eigenvalue weighted by Crippen LogP contribution is -2.60. The molecule has 4 heterocycles. The molecular formula is C20H23FN6O2S. The Labute approximate surface area is 177 Å². The molecule has 2 aromatic heterocycles. The molecule has 158 valence electrons. The predicted octanol–water partition coefficient (Wildman–Crippen LogP) is 2.61. The Balaban J connectivity index is 1.05. The molecule has 3 aliphatic rings. The van der Waals surface area contributed by atoms with Crippen molar-refractivity contribution in [2.45, 2.75) is 37.5 Å². The average Bonchev–Trinajstić information content (AvgIpc) is 3.21. The molecule has 0 spiro atoms. The first kappa shape index (κ1) is 19.4. The number of likely N-dealkylation sites (tertiary alicyclic amines) is 1. The number of halogens is 1. The van der Waals surface area contributed by atoms with E-state index in [1.54, 1.807) is 16.2 Å². The molecule has 2 amide bonds. The number of fused-ring (bicyclic) bond motifs is 1. The van der Waals surface area contributed by atoms with Gasteiger partial charge in [-0.25, -0.2) is 24.1 Å². The Hall–Kier alpha value is -2.59. The molecular weight excluding hydrogens is 407 g/mol. The zero-order valence-corrected chi connectivity index (χ0v) is 17.2. The minimum atomic E-state index is -0.440. The van der Waals surface area contributed by atoms with E-state index in [0.29, 0.717) is 19.0 Å². The minimum absolute atomic E-state index is 0.00975. The molecule has 0 bridgehead atoms. The van der Waals surface area contributed by atoms with Crippen molar-refractivity contribution in [2.24, 2.45) is 0 Å². The first-order chi connectivity index (χ1) is 14.7. The quantitative estimate of drug-likeness (QED) is 0.803. The summed E-state index contributed by atoms with van der Waals surface area (Å²) in [4.78, 5) is 30.0. The number of carbonyl (C=O) groups excluding carboxylic acids is 1. The number of ether oxygens (including phenoxy) is 1. The number of urea groups is 1. The second kappa shape index (κ2) is 8.27. The van der Waals surface area contributed by atoms with E-state index in [2.05, 4.69) is 32.4 Å². The summed E-state index contributed by atoms with van der Waals surface area (Å²) in [7, 11) is 0. The predicted molar refractivity (Wildman–Crippen MR) is 111 cm³/mol. The molecule has 0 saturated carbocycles. The number of thiazole rings is 1. The van der Waals surface area contributed by atoms with E-state index >= 15 is 0 Å². The number of nitrogens with one attached hydrogen (secondary N) is 1. The fourth-order valence-electron chi connectivity index (χ4n) is 4.04. The lowest BCUT2D eigenvalue weighted by molar-refractivity contribution is -0.0795. The molecule has 1 atom stereocenters. The third-order valence-corrected chi connectivity index (χ3v) is 6.56. The zero-order chi connectivity index (χ0) is 20.5. The number of rotatable bonds is 4. The molecule has 0 radical (unpaired) electrons. The van der Waals surface area contributed by atoms with Crippen LogP contribution in [0.1, 0.15) is 35.9 Å². The second-order valence-corrected chi connectivity index (χ2v) is 8.69. The van der Waals surface area contributed by atoms with Crippen LogP contribution in [0.3, 0.4) is 0 Å². The molecule has 10 heteroatoms. The van der Waals surface area contributed by atoms with Crippen LogP contribution in [0.5, 0.6) is 0 Å². The molecule has 1 unspecified atom stereocenters. The van der Waals surface area contributed by atoms with Crippen LogP contribution in [0.25, 0.3) is 6.08 Å². The van der Waals surface area contributed by atoms with E-state index in [9.17, 15) is 9.18 Å². The lowest BCUT2D eigenvalue weighted by Gasteiger charge is -2.41. The highest BCUT2D eigenvalue weighted by atomic mass is 32.1. The molecule has 2 fully saturated rings. The van der Waals surface area contributed by atoms with Crippen LogP contribution in [0.4, 0.5) is 15.1 Å². The van der Waals surface area contributed by atoms with Crippen LogP contribution in [0, 0.1) is 5.82 Å². The maximum Gasteiger partial charge on any atom is 0.317 e. The van der Waals surface area contributed by atoms with E-state index in [0.717, 1.165) is 42.9 Å². The van der Waals surface area contributed by atoms with Gasteiger partial charge < -0.3 is 19.9 Å². The monoisotopic (exact) mass is 430 g/mol. The molecule has 1 aliphatic carbocycles. The third kappa shape index (κ3) is 4.01. The van der Waals surface area contributed by atoms with Crippen molar-refractivity contribution in [1.29, 1.82) is 0 Å². The summed E-state index contributed by atoms with van der Waals surface area (Å²) < 4.78 is 19.2. The molecule has 0 aromatic carbocycles. The summed E-state index contributed by atoms with van der Waals surface area (Å²) >= 11 is 1.63. The summed E-state index contributed by atoms with van der Waals surface area (Å²) in [5.74, 6) is 0.0921. The van der Waals surface area contributed by atoms with Gasteiger partial charge in [0.15, 0.2) is 5.82 Å². The molecule has 2 aromatic rings. The zero-order valence-electron chi connectivity index (χ0n) is 16.4. The van der Waals surface area contributed by atoms with Gasteiger partial charge in [-0.05, 0) is 25.3 Å². The maximum absolute atomic E-state index is 13.0. The van der Waals surface area contributed by atoms with Crippen LogP contribution < -0.4 is 10.2 Å². The second-order valence-electron chi connectivity index (χ2n) is 7.80. The van der Waals surface area contributed by atoms with Gasteiger partial charge >= 0.3 is 6.03 Å². The van der Waals surface area contributed by atoms with Gasteiger partial charge in [-0.3, -0.25) is 0 Å². The normalized spacial score (nSPS) is 22.0. The van der Waals surface area contributed by atoms with Crippen LogP contribution in [-0.4, -0.2) is 64.2 Å². The van der Waals surface area contributed by atoms with Gasteiger partial charge in [-0.15, -0.1) is 11.3 Å². The van der Waals surface area contributed by atoms with Gasteiger partial charge in [0.1, 0.15) is 6.10 Å². The highest BCUT2D eigenvalue weighted by Gasteiger charge is 2.35. The first-order valence-corrected chi connectivity index (χ1v) is 11.1. The van der Waals surface area contributed by atoms with Crippen molar-refractivity contribution in [3.63, 3.8) is 0 Å². The molecule has 30 heavy (non-hydrogen) atoms. The lowest BCUT2D eigenvalue weighted by atomic mass is 10.0. The Morgan fingerprint density at radius 2 is 1.97 bits per heavy atom. The van der Waals surface area contributed by atoms with Crippen molar-refractivity contribution in [2.75, 3.05) is 31.1 Å². The Bertz CT molecular complexity index is 922. The SMILES string of the molecule is O=C(NC1CCN(c2ncc(F)cn2)CC1)N1CC(OC2CC=Cc3scnc32)C1. The summed E-state index contributed by atoms with van der Waals surface area (Å²) in [6.45, 7) is 2.67. The molecule has 8 nitrogen and oxygen atoms in total. The third-order valence-electron chi connectivity index (χ3n) is 5.75. The van der Waals surface area contributed by atoms with Gasteiger partial charge in [0.05, 0.1) is 47.7 Å². The first-order valence-electron chi connectivity index (χ1n) is 10.2. The molecule has 2 aliphatic heterocycles. The Morgan fingerprint density at radius 1 is 1.20 bits per heavy atom. The van der Waals surface area contributed by atoms with Crippen molar-refractivity contribution in [3.8, 4) is 0 Å². The van der Waals surface area contributed by atoms with Crippen molar-refractivity contribution < 1.29 is 13.9 Å². The fraction of sp³-hybridized carbons (Fsp3) is 0.500. The smallest absolute Gasteiger partial charge is 0.317 e. The van der Waals surface area contributed by atoms with Gasteiger partial charge in [0.25, 0.3) is 0 Å². The average molecular weight is 431 g/mol. The van der Waals surface area contributed by atoms with Crippen molar-refractivity contribution >= 4 is 29.4 Å². The number of hydrogen-bond acceptors (Lipinski definition) is 7. The summed E-state index contributed by atoms with van der Waals surface area (Å²) in [5.41, 5.74) is 2.87. The number of anilines is 1. The Morgan fingerprint density at radius 3 is 2.73 bits per heavy atom. The highest BCUT2D eigenvalue weighted by molar-refractivity contribution is 7.10. The van der Waals surface area contributed by atoms with Crippen molar-refractivity contribution in [1.82, 2.24) is 25.2 Å². The standard InChI is InChI=1S/C20H23FN6O2S/c21-13-8-22-19(23-9-13)26-6-4-14(5-7-26)25-20(28)27-10-15(11-27)29-16-2-1-3-17-18(16)24-12-30-17/h1,3,8-9,12,14-16H,2,4-7,10-11H2,(H,25,28). The maximum atomic E-state index is 13.0. The number of piperidine rings is 1. The van der Waals surface area contributed by atoms with Gasteiger partial charge in [0.2, 0.25) is 5.95 Å². The van der Waals surface area contributed by atoms with Gasteiger partial charge in [-0.2, -0.15) is 0 Å². The van der Waals surface area contributed by atoms with Gasteiger partial charge in [0, 0.05) is 19.1 Å². The number of carbonyl (C=O) groups is 1. The molecule has 1 N–H and O–H groups in total. The highest BCUT2D eigenvalue weighted by Crippen LogP contribution is 2.34. The number of nitrogens with zero attached hydrogens (tertiary/aromatic N) is 5. The fourth-order valence-corrected chi connectivity index (χ4v) is 4.80. The van der Waals surface area contributed by atoms with Crippen LogP contribution in [-0.2, 0) is 4.74 Å². The number of amides is 2. The minimum Gasteiger partial charge on any atom is -0.365 e. The summed E-state index contributed by atoms with van der Waals surface area (Å²) in [6, 6.07) is 0.0828. The Kier molecular flexibility index (Phi) is 5.34. The summed E-state index contributed by atoms with van der Waals surface area (Å²) in [5, 5.41) is 3.12. The van der Waals surface area contributed by atoms with Crippen LogP contribution in [0.15, 0.2) is 24.0 Å². The van der Waals surface area contributed by atoms with E-state index < -0.39 is 5.82 Å². The van der Waals surface area contributed by atoms with E-state index in [-0.39, 0.29) is 24.3 Å². The van der Waals surface area contributed by atoms with Crippen molar-refractivity contribution in [3.05, 3.63) is 40.4 Å².